The lowest BCUT2D eigenvalue weighted by molar-refractivity contribution is -0.135. The average Bonchev–Trinajstić information content (AvgIpc) is 3.21. The van der Waals surface area contributed by atoms with Crippen LogP contribution in [-0.4, -0.2) is 61.3 Å². The summed E-state index contributed by atoms with van der Waals surface area (Å²) in [6.45, 7) is 1.33. The van der Waals surface area contributed by atoms with Gasteiger partial charge in [-0.25, -0.2) is 19.3 Å². The summed E-state index contributed by atoms with van der Waals surface area (Å²) in [5, 5.41) is 0.229. The number of hydrogen-bond acceptors (Lipinski definition) is 6. The first-order chi connectivity index (χ1) is 12.0. The van der Waals surface area contributed by atoms with Crippen molar-refractivity contribution in [1.82, 2.24) is 25.6 Å². The molecule has 3 N–H and O–H groups in total. The summed E-state index contributed by atoms with van der Waals surface area (Å²) >= 11 is 6.12. The van der Waals surface area contributed by atoms with E-state index in [-0.39, 0.29) is 34.0 Å². The number of sulfonamides is 1. The maximum atomic E-state index is 13.1. The van der Waals surface area contributed by atoms with Gasteiger partial charge < -0.3 is 4.90 Å². The maximum absolute atomic E-state index is 13.1. The molecule has 3 atom stereocenters. The summed E-state index contributed by atoms with van der Waals surface area (Å²) in [6.07, 6.45) is 1.51. The number of rotatable bonds is 3. The van der Waals surface area contributed by atoms with E-state index in [2.05, 4.69) is 16.4 Å². The lowest BCUT2D eigenvalue weighted by Crippen LogP contribution is -2.59. The Labute approximate surface area is 151 Å². The van der Waals surface area contributed by atoms with E-state index < -0.39 is 10.0 Å². The molecule has 3 saturated heterocycles. The predicted molar refractivity (Wildman–Crippen MR) is 91.9 cm³/mol. The third-order valence-electron chi connectivity index (χ3n) is 5.06. The number of hydrogen-bond donors (Lipinski definition) is 3. The van der Waals surface area contributed by atoms with Crippen LogP contribution >= 0.6 is 11.6 Å². The lowest BCUT2D eigenvalue weighted by Gasteiger charge is -2.40. The summed E-state index contributed by atoms with van der Waals surface area (Å²) in [5.41, 5.74) is 8.46. The van der Waals surface area contributed by atoms with E-state index in [4.69, 9.17) is 11.6 Å². The molecule has 1 aromatic rings. The van der Waals surface area contributed by atoms with Crippen LogP contribution in [0, 0.1) is 0 Å². The Morgan fingerprint density at radius 2 is 1.84 bits per heavy atom. The molecule has 4 rings (SSSR count). The van der Waals surface area contributed by atoms with Crippen molar-refractivity contribution in [2.75, 3.05) is 19.6 Å². The quantitative estimate of drug-likeness (QED) is 0.660. The number of carbonyl (C=O) groups is 1. The first-order valence-electron chi connectivity index (χ1n) is 8.29. The fourth-order valence-electron chi connectivity index (χ4n) is 3.92. The summed E-state index contributed by atoms with van der Waals surface area (Å²) in [4.78, 5) is 14.5. The summed E-state index contributed by atoms with van der Waals surface area (Å²) in [6, 6.07) is 5.77. The normalized spacial score (nSPS) is 30.0. The van der Waals surface area contributed by atoms with E-state index in [1.807, 2.05) is 0 Å². The molecule has 3 aliphatic rings. The minimum Gasteiger partial charge on any atom is -0.338 e. The van der Waals surface area contributed by atoms with Gasteiger partial charge in [0.2, 0.25) is 15.9 Å². The highest BCUT2D eigenvalue weighted by atomic mass is 35.5. The summed E-state index contributed by atoms with van der Waals surface area (Å²) in [5.74, 6) is -0.0100. The van der Waals surface area contributed by atoms with E-state index >= 15 is 0 Å². The molecule has 136 valence electrons. The van der Waals surface area contributed by atoms with Gasteiger partial charge in [0.15, 0.2) is 0 Å². The molecule has 2 bridgehead atoms. The van der Waals surface area contributed by atoms with Gasteiger partial charge in [-0.2, -0.15) is 9.84 Å². The van der Waals surface area contributed by atoms with E-state index in [0.29, 0.717) is 19.6 Å². The molecule has 8 nitrogen and oxygen atoms in total. The Bertz CT molecular complexity index is 769. The van der Waals surface area contributed by atoms with Crippen LogP contribution in [0.25, 0.3) is 0 Å². The van der Waals surface area contributed by atoms with Crippen LogP contribution in [0.4, 0.5) is 0 Å². The third-order valence-corrected chi connectivity index (χ3v) is 7.56. The zero-order valence-corrected chi connectivity index (χ0v) is 15.1. The number of hydrazine groups is 2. The van der Waals surface area contributed by atoms with Crippen LogP contribution in [0.5, 0.6) is 0 Å². The molecule has 3 heterocycles. The second kappa shape index (κ2) is 6.49. The second-order valence-electron chi connectivity index (χ2n) is 6.60. The molecule has 0 aliphatic carbocycles. The van der Waals surface area contributed by atoms with Crippen LogP contribution in [0.1, 0.15) is 12.8 Å². The first-order valence-corrected chi connectivity index (χ1v) is 10.1. The zero-order valence-electron chi connectivity index (χ0n) is 13.5. The number of likely N-dealkylation sites (tertiary alicyclic amines) is 1. The van der Waals surface area contributed by atoms with Crippen LogP contribution < -0.4 is 16.4 Å². The molecule has 10 heteroatoms. The lowest BCUT2D eigenvalue weighted by atomic mass is 10.2. The van der Waals surface area contributed by atoms with Gasteiger partial charge in [0.25, 0.3) is 0 Å². The van der Waals surface area contributed by atoms with Crippen molar-refractivity contribution in [1.29, 1.82) is 0 Å². The number of nitrogens with zero attached hydrogens (tertiary/aromatic N) is 2. The van der Waals surface area contributed by atoms with Crippen LogP contribution in [0.15, 0.2) is 29.2 Å². The number of fused-ring (bicyclic) bond motifs is 2. The van der Waals surface area contributed by atoms with Gasteiger partial charge in [-0.3, -0.25) is 4.79 Å². The molecule has 0 aromatic heterocycles. The Balaban J connectivity index is 1.56. The molecule has 3 fully saturated rings. The molecular weight excluding hydrogens is 366 g/mol. The fourth-order valence-corrected chi connectivity index (χ4v) is 6.27. The number of carbonyl (C=O) groups excluding carboxylic acids is 1. The van der Waals surface area contributed by atoms with Crippen molar-refractivity contribution >= 4 is 27.5 Å². The Kier molecular flexibility index (Phi) is 4.47. The van der Waals surface area contributed by atoms with Gasteiger partial charge >= 0.3 is 0 Å². The SMILES string of the molecule is O=C(C1CNNN1)N1CC2CCC(C1)N2S(=O)(=O)c1ccccc1Cl. The highest BCUT2D eigenvalue weighted by Crippen LogP contribution is 2.37. The van der Waals surface area contributed by atoms with Gasteiger partial charge in [-0.05, 0) is 25.0 Å². The zero-order chi connectivity index (χ0) is 17.6. The van der Waals surface area contributed by atoms with E-state index in [1.165, 1.54) is 6.07 Å². The molecule has 25 heavy (non-hydrogen) atoms. The fraction of sp³-hybridized carbons (Fsp3) is 0.533. The van der Waals surface area contributed by atoms with E-state index in [1.54, 1.807) is 27.4 Å². The van der Waals surface area contributed by atoms with Crippen molar-refractivity contribution < 1.29 is 13.2 Å². The molecule has 0 radical (unpaired) electrons. The first kappa shape index (κ1) is 17.2. The number of piperazine rings is 1. The molecule has 1 aromatic carbocycles. The van der Waals surface area contributed by atoms with Crippen molar-refractivity contribution in [2.45, 2.75) is 35.9 Å². The monoisotopic (exact) mass is 385 g/mol. The maximum Gasteiger partial charge on any atom is 0.245 e. The van der Waals surface area contributed by atoms with Gasteiger partial charge in [-0.15, -0.1) is 0 Å². The predicted octanol–water partition coefficient (Wildman–Crippen LogP) is -0.315. The van der Waals surface area contributed by atoms with Gasteiger partial charge in [0.1, 0.15) is 10.9 Å². The van der Waals surface area contributed by atoms with E-state index in [9.17, 15) is 13.2 Å². The second-order valence-corrected chi connectivity index (χ2v) is 8.82. The number of amides is 1. The number of nitrogens with one attached hydrogen (secondary N) is 3. The van der Waals surface area contributed by atoms with Crippen molar-refractivity contribution in [3.63, 3.8) is 0 Å². The van der Waals surface area contributed by atoms with Crippen LogP contribution in [0.2, 0.25) is 5.02 Å². The smallest absolute Gasteiger partial charge is 0.245 e. The molecular formula is C15H20ClN5O3S. The number of benzene rings is 1. The van der Waals surface area contributed by atoms with Crippen molar-refractivity contribution in [3.8, 4) is 0 Å². The van der Waals surface area contributed by atoms with Gasteiger partial charge in [0, 0.05) is 31.7 Å². The van der Waals surface area contributed by atoms with Gasteiger partial charge in [-0.1, -0.05) is 23.7 Å². The summed E-state index contributed by atoms with van der Waals surface area (Å²) < 4.78 is 27.8. The Hall–Kier alpha value is -1.23. The largest absolute Gasteiger partial charge is 0.338 e. The van der Waals surface area contributed by atoms with E-state index in [0.717, 1.165) is 12.8 Å². The molecule has 0 spiro atoms. The minimum absolute atomic E-state index is 0.0100. The standard InChI is InChI=1S/C15H20ClN5O3S/c16-12-3-1-2-4-14(12)25(23,24)21-10-5-6-11(21)9-20(8-10)15(22)13-7-17-19-18-13/h1-4,10-11,13,17-19H,5-9H2. The van der Waals surface area contributed by atoms with Crippen LogP contribution in [0.3, 0.4) is 0 Å². The number of halogens is 1. The Morgan fingerprint density at radius 3 is 2.44 bits per heavy atom. The third kappa shape index (κ3) is 2.94. The highest BCUT2D eigenvalue weighted by molar-refractivity contribution is 7.89. The van der Waals surface area contributed by atoms with Crippen molar-refractivity contribution in [3.05, 3.63) is 29.3 Å². The topological polar surface area (TPSA) is 93.8 Å². The average molecular weight is 386 g/mol. The molecule has 1 amide bonds. The molecule has 3 unspecified atom stereocenters. The van der Waals surface area contributed by atoms with Gasteiger partial charge in [0.05, 0.1) is 5.02 Å². The molecule has 0 saturated carbocycles. The van der Waals surface area contributed by atoms with Crippen molar-refractivity contribution in [2.24, 2.45) is 0 Å². The highest BCUT2D eigenvalue weighted by Gasteiger charge is 2.48. The summed E-state index contributed by atoms with van der Waals surface area (Å²) in [7, 11) is -3.67. The minimum atomic E-state index is -3.67. The Morgan fingerprint density at radius 1 is 1.16 bits per heavy atom. The molecule has 3 aliphatic heterocycles. The van der Waals surface area contributed by atoms with Crippen LogP contribution in [-0.2, 0) is 14.8 Å².